The van der Waals surface area contributed by atoms with Crippen molar-refractivity contribution < 1.29 is 9.59 Å². The van der Waals surface area contributed by atoms with Gasteiger partial charge in [-0.05, 0) is 42.5 Å². The predicted octanol–water partition coefficient (Wildman–Crippen LogP) is 4.51. The highest BCUT2D eigenvalue weighted by Gasteiger charge is 2.38. The molecule has 1 aliphatic rings. The Morgan fingerprint density at radius 2 is 1.60 bits per heavy atom. The first-order chi connectivity index (χ1) is 14.6. The summed E-state index contributed by atoms with van der Waals surface area (Å²) in [5.74, 6) is -0.950. The molecule has 0 unspecified atom stereocenters. The lowest BCUT2D eigenvalue weighted by Gasteiger charge is -2.21. The molecule has 0 aliphatic carbocycles. The lowest BCUT2D eigenvalue weighted by molar-refractivity contribution is -0.132. The zero-order valence-electron chi connectivity index (χ0n) is 17.1. The van der Waals surface area contributed by atoms with Gasteiger partial charge < -0.3 is 10.2 Å². The lowest BCUT2D eigenvalue weighted by Crippen LogP contribution is -2.38. The summed E-state index contributed by atoms with van der Waals surface area (Å²) >= 11 is 0. The number of carbonyl (C=O) groups is 2. The van der Waals surface area contributed by atoms with E-state index in [0.717, 1.165) is 23.2 Å². The van der Waals surface area contributed by atoms with Crippen molar-refractivity contribution in [2.75, 3.05) is 11.4 Å². The summed E-state index contributed by atoms with van der Waals surface area (Å²) in [6, 6.07) is 27.9. The van der Waals surface area contributed by atoms with Gasteiger partial charge in [0.25, 0.3) is 0 Å². The van der Waals surface area contributed by atoms with E-state index in [0.29, 0.717) is 13.0 Å². The number of anilines is 1. The zero-order valence-corrected chi connectivity index (χ0v) is 17.1. The molecule has 4 rings (SSSR count). The minimum atomic E-state index is -0.638. The molecule has 1 fully saturated rings. The predicted molar refractivity (Wildman–Crippen MR) is 119 cm³/mol. The molecule has 3 aromatic carbocycles. The molecule has 1 N–H and O–H groups in total. The number of carbonyl (C=O) groups excluding carboxylic acids is 2. The maximum atomic E-state index is 13.1. The standard InChI is InChI=1S/C26H26N2O2/c1-19(21-12-6-3-7-13-21)27-25(29)23-16-17-28(26(23)30)24-15-9-8-14-22(24)18-20-10-4-2-5-11-20/h2-15,19,23H,16-18H2,1H3,(H,27,29)/t19-,23-/m0/s1. The number of rotatable bonds is 6. The van der Waals surface area contributed by atoms with Crippen LogP contribution in [0.4, 0.5) is 5.69 Å². The van der Waals surface area contributed by atoms with Gasteiger partial charge in [-0.25, -0.2) is 0 Å². The molecule has 1 saturated heterocycles. The molecule has 3 aromatic rings. The molecule has 1 aliphatic heterocycles. The van der Waals surface area contributed by atoms with Gasteiger partial charge in [0, 0.05) is 12.2 Å². The highest BCUT2D eigenvalue weighted by atomic mass is 16.2. The molecule has 0 radical (unpaired) electrons. The van der Waals surface area contributed by atoms with Crippen LogP contribution in [0, 0.1) is 5.92 Å². The molecule has 30 heavy (non-hydrogen) atoms. The molecule has 0 bridgehead atoms. The first kappa shape index (κ1) is 19.9. The van der Waals surface area contributed by atoms with Crippen LogP contribution >= 0.6 is 0 Å². The van der Waals surface area contributed by atoms with Crippen LogP contribution in [0.25, 0.3) is 0 Å². The van der Waals surface area contributed by atoms with E-state index in [1.807, 2.05) is 73.7 Å². The fourth-order valence-electron chi connectivity index (χ4n) is 4.04. The van der Waals surface area contributed by atoms with Crippen LogP contribution in [0.15, 0.2) is 84.9 Å². The van der Waals surface area contributed by atoms with Crippen LogP contribution < -0.4 is 10.2 Å². The molecule has 2 atom stereocenters. The first-order valence-corrected chi connectivity index (χ1v) is 10.4. The molecule has 0 spiro atoms. The average molecular weight is 399 g/mol. The number of para-hydroxylation sites is 1. The largest absolute Gasteiger partial charge is 0.349 e. The van der Waals surface area contributed by atoms with Crippen molar-refractivity contribution >= 4 is 17.5 Å². The number of benzene rings is 3. The van der Waals surface area contributed by atoms with Gasteiger partial charge in [-0.15, -0.1) is 0 Å². The molecule has 1 heterocycles. The van der Waals surface area contributed by atoms with Crippen molar-refractivity contribution in [2.45, 2.75) is 25.8 Å². The summed E-state index contributed by atoms with van der Waals surface area (Å²) in [6.07, 6.45) is 1.29. The number of amides is 2. The Kier molecular flexibility index (Phi) is 5.94. The zero-order chi connectivity index (χ0) is 20.9. The van der Waals surface area contributed by atoms with E-state index in [9.17, 15) is 9.59 Å². The van der Waals surface area contributed by atoms with Crippen LogP contribution in [-0.4, -0.2) is 18.4 Å². The second kappa shape index (κ2) is 8.95. The fourth-order valence-corrected chi connectivity index (χ4v) is 4.04. The topological polar surface area (TPSA) is 49.4 Å². The van der Waals surface area contributed by atoms with Crippen LogP contribution in [0.3, 0.4) is 0 Å². The number of nitrogens with one attached hydrogen (secondary N) is 1. The number of hydrogen-bond donors (Lipinski definition) is 1. The van der Waals surface area contributed by atoms with Gasteiger partial charge in [0.2, 0.25) is 11.8 Å². The molecule has 4 nitrogen and oxygen atoms in total. The van der Waals surface area contributed by atoms with Crippen molar-refractivity contribution in [1.29, 1.82) is 0 Å². The summed E-state index contributed by atoms with van der Waals surface area (Å²) in [4.78, 5) is 27.7. The first-order valence-electron chi connectivity index (χ1n) is 10.4. The minimum absolute atomic E-state index is 0.117. The number of nitrogens with zero attached hydrogens (tertiary/aromatic N) is 1. The van der Waals surface area contributed by atoms with Crippen LogP contribution in [0.1, 0.15) is 36.1 Å². The van der Waals surface area contributed by atoms with Gasteiger partial charge in [-0.3, -0.25) is 9.59 Å². The Labute approximate surface area is 177 Å². The van der Waals surface area contributed by atoms with Crippen molar-refractivity contribution in [3.63, 3.8) is 0 Å². The van der Waals surface area contributed by atoms with Gasteiger partial charge in [0.1, 0.15) is 5.92 Å². The van der Waals surface area contributed by atoms with Crippen molar-refractivity contribution in [1.82, 2.24) is 5.32 Å². The SMILES string of the molecule is C[C@H](NC(=O)[C@@H]1CCN(c2ccccc2Cc2ccccc2)C1=O)c1ccccc1. The molecular formula is C26H26N2O2. The number of hydrogen-bond acceptors (Lipinski definition) is 2. The Bertz CT molecular complexity index is 1020. The Balaban J connectivity index is 1.48. The Hall–Kier alpha value is -3.40. The van der Waals surface area contributed by atoms with E-state index in [4.69, 9.17) is 0 Å². The molecule has 4 heteroatoms. The van der Waals surface area contributed by atoms with Crippen molar-refractivity contribution in [2.24, 2.45) is 5.92 Å². The highest BCUT2D eigenvalue weighted by molar-refractivity contribution is 6.10. The normalized spacial score (nSPS) is 17.0. The van der Waals surface area contributed by atoms with Gasteiger partial charge in [-0.2, -0.15) is 0 Å². The summed E-state index contributed by atoms with van der Waals surface area (Å²) in [5.41, 5.74) is 4.22. The van der Waals surface area contributed by atoms with E-state index in [1.54, 1.807) is 4.90 Å². The van der Waals surface area contributed by atoms with Gasteiger partial charge in [0.15, 0.2) is 0 Å². The second-order valence-electron chi connectivity index (χ2n) is 7.76. The van der Waals surface area contributed by atoms with E-state index in [1.165, 1.54) is 5.56 Å². The van der Waals surface area contributed by atoms with Gasteiger partial charge in [-0.1, -0.05) is 78.9 Å². The summed E-state index contributed by atoms with van der Waals surface area (Å²) < 4.78 is 0. The quantitative estimate of drug-likeness (QED) is 0.621. The lowest BCUT2D eigenvalue weighted by atomic mass is 10.0. The minimum Gasteiger partial charge on any atom is -0.349 e. The third kappa shape index (κ3) is 4.28. The van der Waals surface area contributed by atoms with Crippen LogP contribution in [-0.2, 0) is 16.0 Å². The molecule has 0 saturated carbocycles. The van der Waals surface area contributed by atoms with Gasteiger partial charge >= 0.3 is 0 Å². The van der Waals surface area contributed by atoms with Crippen LogP contribution in [0.2, 0.25) is 0 Å². The monoisotopic (exact) mass is 398 g/mol. The molecule has 2 amide bonds. The Morgan fingerprint density at radius 3 is 2.33 bits per heavy atom. The summed E-state index contributed by atoms with van der Waals surface area (Å²) in [7, 11) is 0. The van der Waals surface area contributed by atoms with E-state index in [2.05, 4.69) is 23.5 Å². The molecule has 152 valence electrons. The molecule has 0 aromatic heterocycles. The maximum absolute atomic E-state index is 13.1. The third-order valence-corrected chi connectivity index (χ3v) is 5.70. The van der Waals surface area contributed by atoms with E-state index >= 15 is 0 Å². The maximum Gasteiger partial charge on any atom is 0.239 e. The summed E-state index contributed by atoms with van der Waals surface area (Å²) in [5, 5.41) is 3.01. The van der Waals surface area contributed by atoms with E-state index < -0.39 is 5.92 Å². The summed E-state index contributed by atoms with van der Waals surface area (Å²) in [6.45, 7) is 2.50. The van der Waals surface area contributed by atoms with Crippen molar-refractivity contribution in [3.8, 4) is 0 Å². The molecular weight excluding hydrogens is 372 g/mol. The van der Waals surface area contributed by atoms with Gasteiger partial charge in [0.05, 0.1) is 6.04 Å². The van der Waals surface area contributed by atoms with E-state index in [-0.39, 0.29) is 17.9 Å². The Morgan fingerprint density at radius 1 is 0.967 bits per heavy atom. The third-order valence-electron chi connectivity index (χ3n) is 5.70. The van der Waals surface area contributed by atoms with Crippen molar-refractivity contribution in [3.05, 3.63) is 102 Å². The highest BCUT2D eigenvalue weighted by Crippen LogP contribution is 2.30. The smallest absolute Gasteiger partial charge is 0.239 e. The second-order valence-corrected chi connectivity index (χ2v) is 7.76. The fraction of sp³-hybridized carbons (Fsp3) is 0.231. The van der Waals surface area contributed by atoms with Crippen LogP contribution in [0.5, 0.6) is 0 Å². The average Bonchev–Trinajstić information content (AvgIpc) is 3.16.